The second-order valence-electron chi connectivity index (χ2n) is 8.00. The van der Waals surface area contributed by atoms with Gasteiger partial charge in [-0.15, -0.1) is 0 Å². The Morgan fingerprint density at radius 3 is 2.44 bits per heavy atom. The zero-order valence-electron chi connectivity index (χ0n) is 18.0. The average molecular weight is 458 g/mol. The molecule has 1 saturated heterocycles. The van der Waals surface area contributed by atoms with Gasteiger partial charge in [0, 0.05) is 32.5 Å². The maximum atomic E-state index is 12.8. The van der Waals surface area contributed by atoms with Crippen molar-refractivity contribution >= 4 is 27.5 Å². The molecule has 0 atom stereocenters. The molecule has 8 nitrogen and oxygen atoms in total. The first kappa shape index (κ1) is 22.4. The summed E-state index contributed by atoms with van der Waals surface area (Å²) in [6.07, 6.45) is 1.90. The summed E-state index contributed by atoms with van der Waals surface area (Å²) < 4.78 is 33.5. The van der Waals surface area contributed by atoms with Gasteiger partial charge in [0.05, 0.1) is 17.7 Å². The summed E-state index contributed by atoms with van der Waals surface area (Å²) >= 11 is 0. The number of hydrogen-bond donors (Lipinski definition) is 1. The summed E-state index contributed by atoms with van der Waals surface area (Å²) in [4.78, 5) is 27.6. The van der Waals surface area contributed by atoms with Crippen molar-refractivity contribution < 1.29 is 22.7 Å². The Balaban J connectivity index is 1.38. The standard InChI is InChI=1S/C23H27N3O5S/c1-31-21-8-7-19(15-20(21)26-22(27)9-10-23(26)28)32(29,30)24-12-4-13-25-14-11-17-5-2-3-6-18(17)16-25/h2-3,5-8,15,24H,4,9-14,16H2,1H3. The van der Waals surface area contributed by atoms with E-state index in [1.54, 1.807) is 0 Å². The molecule has 1 fully saturated rings. The summed E-state index contributed by atoms with van der Waals surface area (Å²) in [5.41, 5.74) is 2.88. The normalized spacial score (nSPS) is 17.0. The van der Waals surface area contributed by atoms with E-state index in [9.17, 15) is 18.0 Å². The van der Waals surface area contributed by atoms with E-state index in [0.29, 0.717) is 13.0 Å². The number of nitrogens with one attached hydrogen (secondary N) is 1. The number of ether oxygens (including phenoxy) is 1. The lowest BCUT2D eigenvalue weighted by Gasteiger charge is -2.28. The van der Waals surface area contributed by atoms with E-state index in [1.807, 2.05) is 6.07 Å². The number of methoxy groups -OCH3 is 1. The van der Waals surface area contributed by atoms with E-state index in [2.05, 4.69) is 27.8 Å². The molecule has 32 heavy (non-hydrogen) atoms. The largest absolute Gasteiger partial charge is 0.495 e. The number of fused-ring (bicyclic) bond motifs is 1. The highest BCUT2D eigenvalue weighted by molar-refractivity contribution is 7.89. The number of benzene rings is 2. The van der Waals surface area contributed by atoms with Gasteiger partial charge in [-0.1, -0.05) is 24.3 Å². The van der Waals surface area contributed by atoms with Crippen LogP contribution in [0.25, 0.3) is 0 Å². The average Bonchev–Trinajstić information content (AvgIpc) is 3.13. The van der Waals surface area contributed by atoms with Crippen molar-refractivity contribution in [1.29, 1.82) is 0 Å². The second-order valence-corrected chi connectivity index (χ2v) is 9.77. The number of sulfonamides is 1. The van der Waals surface area contributed by atoms with Crippen LogP contribution >= 0.6 is 0 Å². The molecular weight excluding hydrogens is 430 g/mol. The fraction of sp³-hybridized carbons (Fsp3) is 0.391. The Labute approximate surface area is 188 Å². The second kappa shape index (κ2) is 9.40. The molecule has 2 amide bonds. The summed E-state index contributed by atoms with van der Waals surface area (Å²) in [6.45, 7) is 2.93. The van der Waals surface area contributed by atoms with Crippen LogP contribution in [0.1, 0.15) is 30.4 Å². The van der Waals surface area contributed by atoms with Crippen molar-refractivity contribution in [3.8, 4) is 5.75 Å². The topological polar surface area (TPSA) is 96.0 Å². The molecule has 0 radical (unpaired) electrons. The van der Waals surface area contributed by atoms with Gasteiger partial charge in [0.15, 0.2) is 0 Å². The number of carbonyl (C=O) groups is 2. The monoisotopic (exact) mass is 457 g/mol. The first-order chi connectivity index (χ1) is 15.4. The van der Waals surface area contributed by atoms with Crippen molar-refractivity contribution in [2.24, 2.45) is 0 Å². The van der Waals surface area contributed by atoms with Gasteiger partial charge in [0.1, 0.15) is 5.75 Å². The van der Waals surface area contributed by atoms with Crippen molar-refractivity contribution in [3.63, 3.8) is 0 Å². The molecule has 2 aliphatic heterocycles. The van der Waals surface area contributed by atoms with Gasteiger partial charge < -0.3 is 4.74 Å². The summed E-state index contributed by atoms with van der Waals surface area (Å²) in [5.74, 6) is -0.448. The lowest BCUT2D eigenvalue weighted by molar-refractivity contribution is -0.121. The minimum Gasteiger partial charge on any atom is -0.495 e. The zero-order chi connectivity index (χ0) is 22.7. The Hall–Kier alpha value is -2.75. The molecule has 0 saturated carbocycles. The first-order valence-corrected chi connectivity index (χ1v) is 12.2. The van der Waals surface area contributed by atoms with E-state index < -0.39 is 10.0 Å². The maximum Gasteiger partial charge on any atom is 0.240 e. The summed E-state index contributed by atoms with van der Waals surface area (Å²) in [6, 6.07) is 12.6. The Bertz CT molecular complexity index is 1120. The van der Waals surface area contributed by atoms with Crippen LogP contribution in [0.4, 0.5) is 5.69 Å². The highest BCUT2D eigenvalue weighted by Crippen LogP contribution is 2.34. The van der Waals surface area contributed by atoms with Crippen molar-refractivity contribution in [2.75, 3.05) is 31.6 Å². The molecule has 2 aliphatic rings. The van der Waals surface area contributed by atoms with Gasteiger partial charge in [-0.3, -0.25) is 14.5 Å². The maximum absolute atomic E-state index is 12.8. The van der Waals surface area contributed by atoms with Crippen molar-refractivity contribution in [3.05, 3.63) is 53.6 Å². The van der Waals surface area contributed by atoms with Crippen LogP contribution in [0, 0.1) is 0 Å². The van der Waals surface area contributed by atoms with Crippen molar-refractivity contribution in [1.82, 2.24) is 9.62 Å². The van der Waals surface area contributed by atoms with Gasteiger partial charge in [-0.05, 0) is 48.7 Å². The third-order valence-corrected chi connectivity index (χ3v) is 7.36. The van der Waals surface area contributed by atoms with Crippen LogP contribution in [-0.2, 0) is 32.6 Å². The number of rotatable bonds is 8. The van der Waals surface area contributed by atoms with E-state index in [0.717, 1.165) is 31.0 Å². The number of hydrogen-bond acceptors (Lipinski definition) is 6. The van der Waals surface area contributed by atoms with E-state index >= 15 is 0 Å². The predicted molar refractivity (Wildman–Crippen MR) is 120 cm³/mol. The number of anilines is 1. The summed E-state index contributed by atoms with van der Waals surface area (Å²) in [5, 5.41) is 0. The molecule has 2 aromatic rings. The van der Waals surface area contributed by atoms with E-state index in [1.165, 1.54) is 36.4 Å². The molecule has 0 unspecified atom stereocenters. The molecule has 0 aliphatic carbocycles. The molecule has 0 spiro atoms. The SMILES string of the molecule is COc1ccc(S(=O)(=O)NCCCN2CCc3ccccc3C2)cc1N1C(=O)CCC1=O. The molecule has 170 valence electrons. The molecule has 2 aromatic carbocycles. The van der Waals surface area contributed by atoms with E-state index in [-0.39, 0.29) is 41.0 Å². The highest BCUT2D eigenvalue weighted by Gasteiger charge is 2.33. The molecular formula is C23H27N3O5S. The fourth-order valence-electron chi connectivity index (χ4n) is 4.19. The molecule has 9 heteroatoms. The van der Waals surface area contributed by atoms with Gasteiger partial charge in [-0.25, -0.2) is 18.0 Å². The third kappa shape index (κ3) is 4.69. The molecule has 1 N–H and O–H groups in total. The van der Waals surface area contributed by atoms with Crippen LogP contribution in [0.3, 0.4) is 0 Å². The Kier molecular flexibility index (Phi) is 6.59. The Morgan fingerprint density at radius 2 is 1.72 bits per heavy atom. The van der Waals surface area contributed by atoms with Crippen LogP contribution in [0.2, 0.25) is 0 Å². The lowest BCUT2D eigenvalue weighted by atomic mass is 10.00. The lowest BCUT2D eigenvalue weighted by Crippen LogP contribution is -2.34. The van der Waals surface area contributed by atoms with Crippen LogP contribution in [0.15, 0.2) is 47.4 Å². The number of imide groups is 1. The van der Waals surface area contributed by atoms with Gasteiger partial charge in [0.25, 0.3) is 0 Å². The van der Waals surface area contributed by atoms with Gasteiger partial charge >= 0.3 is 0 Å². The minimum atomic E-state index is -3.80. The third-order valence-electron chi connectivity index (χ3n) is 5.91. The summed E-state index contributed by atoms with van der Waals surface area (Å²) in [7, 11) is -2.39. The number of nitrogens with zero attached hydrogens (tertiary/aromatic N) is 2. The molecule has 2 heterocycles. The van der Waals surface area contributed by atoms with Gasteiger partial charge in [0.2, 0.25) is 21.8 Å². The van der Waals surface area contributed by atoms with Crippen molar-refractivity contribution in [2.45, 2.75) is 37.1 Å². The fourth-order valence-corrected chi connectivity index (χ4v) is 5.29. The predicted octanol–water partition coefficient (Wildman–Crippen LogP) is 2.08. The minimum absolute atomic E-state index is 0.00676. The number of carbonyl (C=O) groups excluding carboxylic acids is 2. The zero-order valence-corrected chi connectivity index (χ0v) is 18.9. The molecule has 0 aromatic heterocycles. The van der Waals surface area contributed by atoms with Gasteiger partial charge in [-0.2, -0.15) is 0 Å². The number of amides is 2. The van der Waals surface area contributed by atoms with E-state index in [4.69, 9.17) is 4.74 Å². The highest BCUT2D eigenvalue weighted by atomic mass is 32.2. The quantitative estimate of drug-likeness (QED) is 0.482. The van der Waals surface area contributed by atoms with Crippen LogP contribution in [-0.4, -0.2) is 51.9 Å². The smallest absolute Gasteiger partial charge is 0.240 e. The van der Waals surface area contributed by atoms with Crippen LogP contribution < -0.4 is 14.4 Å². The molecule has 4 rings (SSSR count). The first-order valence-electron chi connectivity index (χ1n) is 10.7. The Morgan fingerprint density at radius 1 is 1.00 bits per heavy atom. The molecule has 0 bridgehead atoms. The van der Waals surface area contributed by atoms with Crippen LogP contribution in [0.5, 0.6) is 5.75 Å².